The largest absolute Gasteiger partial charge is 0.480 e. The lowest BCUT2D eigenvalue weighted by atomic mass is 9.79. The van der Waals surface area contributed by atoms with Gasteiger partial charge in [-0.2, -0.15) is 0 Å². The third-order valence-corrected chi connectivity index (χ3v) is 4.17. The van der Waals surface area contributed by atoms with Gasteiger partial charge in [0.25, 0.3) is 0 Å². The summed E-state index contributed by atoms with van der Waals surface area (Å²) in [5, 5.41) is 12.6. The summed E-state index contributed by atoms with van der Waals surface area (Å²) in [6.07, 6.45) is 4.31. The molecular weight excluding hydrogens is 238 g/mol. The van der Waals surface area contributed by atoms with Crippen LogP contribution in [0, 0.1) is 18.8 Å². The molecule has 2 N–H and O–H groups in total. The highest BCUT2D eigenvalue weighted by molar-refractivity contribution is 5.77. The number of nitrogens with one attached hydrogen (secondary N) is 1. The van der Waals surface area contributed by atoms with E-state index in [0.29, 0.717) is 0 Å². The minimum Gasteiger partial charge on any atom is -0.480 e. The standard InChI is InChI=1S/C16H23NO2/c1-11-3-7-13(8-4-11)15(16(18)19)17-14-9-5-12(2)6-10-14/h5-6,9-11,13,15,17H,3-4,7-8H2,1-2H3,(H,18,19). The highest BCUT2D eigenvalue weighted by Gasteiger charge is 2.30. The van der Waals surface area contributed by atoms with Crippen LogP contribution in [-0.4, -0.2) is 17.1 Å². The molecule has 1 aromatic carbocycles. The van der Waals surface area contributed by atoms with Crippen LogP contribution in [-0.2, 0) is 4.79 Å². The molecule has 1 aliphatic carbocycles. The van der Waals surface area contributed by atoms with Gasteiger partial charge < -0.3 is 10.4 Å². The highest BCUT2D eigenvalue weighted by atomic mass is 16.4. The first-order chi connectivity index (χ1) is 9.06. The molecule has 1 atom stereocenters. The first kappa shape index (κ1) is 13.9. The van der Waals surface area contributed by atoms with Gasteiger partial charge in [-0.1, -0.05) is 37.5 Å². The maximum Gasteiger partial charge on any atom is 0.326 e. The van der Waals surface area contributed by atoms with Crippen LogP contribution in [0.1, 0.15) is 38.2 Å². The summed E-state index contributed by atoms with van der Waals surface area (Å²) in [7, 11) is 0. The Morgan fingerprint density at radius 3 is 2.32 bits per heavy atom. The number of benzene rings is 1. The van der Waals surface area contributed by atoms with Gasteiger partial charge in [-0.3, -0.25) is 0 Å². The van der Waals surface area contributed by atoms with Gasteiger partial charge in [0.15, 0.2) is 0 Å². The summed E-state index contributed by atoms with van der Waals surface area (Å²) in [6.45, 7) is 4.28. The van der Waals surface area contributed by atoms with Crippen molar-refractivity contribution in [3.05, 3.63) is 29.8 Å². The smallest absolute Gasteiger partial charge is 0.326 e. The van der Waals surface area contributed by atoms with E-state index in [1.54, 1.807) is 0 Å². The molecule has 0 aliphatic heterocycles. The first-order valence-electron chi connectivity index (χ1n) is 7.12. The molecular formula is C16H23NO2. The zero-order valence-electron chi connectivity index (χ0n) is 11.7. The summed E-state index contributed by atoms with van der Waals surface area (Å²) in [4.78, 5) is 11.5. The second kappa shape index (κ2) is 6.09. The second-order valence-corrected chi connectivity index (χ2v) is 5.85. The van der Waals surface area contributed by atoms with E-state index in [2.05, 4.69) is 12.2 Å². The van der Waals surface area contributed by atoms with Crippen molar-refractivity contribution < 1.29 is 9.90 Å². The van der Waals surface area contributed by atoms with Crippen molar-refractivity contribution in [2.45, 2.75) is 45.6 Å². The molecule has 1 unspecified atom stereocenters. The van der Waals surface area contributed by atoms with Crippen LogP contribution in [0.4, 0.5) is 5.69 Å². The van der Waals surface area contributed by atoms with Gasteiger partial charge in [0.2, 0.25) is 0 Å². The van der Waals surface area contributed by atoms with E-state index in [-0.39, 0.29) is 5.92 Å². The molecule has 0 bridgehead atoms. The molecule has 3 heteroatoms. The van der Waals surface area contributed by atoms with Crippen molar-refractivity contribution >= 4 is 11.7 Å². The lowest BCUT2D eigenvalue weighted by molar-refractivity contribution is -0.139. The number of aryl methyl sites for hydroxylation is 1. The number of hydrogen-bond acceptors (Lipinski definition) is 2. The van der Waals surface area contributed by atoms with Crippen LogP contribution >= 0.6 is 0 Å². The number of carboxylic acids is 1. The number of anilines is 1. The maximum absolute atomic E-state index is 11.5. The number of hydrogen-bond donors (Lipinski definition) is 2. The van der Waals surface area contributed by atoms with Crippen LogP contribution in [0.15, 0.2) is 24.3 Å². The summed E-state index contributed by atoms with van der Waals surface area (Å²) in [6, 6.07) is 7.46. The van der Waals surface area contributed by atoms with Crippen LogP contribution in [0.3, 0.4) is 0 Å². The Hall–Kier alpha value is -1.51. The number of carboxylic acid groups (broad SMARTS) is 1. The molecule has 0 spiro atoms. The van der Waals surface area contributed by atoms with Gasteiger partial charge >= 0.3 is 5.97 Å². The van der Waals surface area contributed by atoms with E-state index in [9.17, 15) is 9.90 Å². The van der Waals surface area contributed by atoms with E-state index in [1.807, 2.05) is 31.2 Å². The molecule has 0 radical (unpaired) electrons. The van der Waals surface area contributed by atoms with Crippen molar-refractivity contribution in [1.82, 2.24) is 0 Å². The molecule has 1 aromatic rings. The van der Waals surface area contributed by atoms with E-state index in [0.717, 1.165) is 37.3 Å². The molecule has 0 amide bonds. The van der Waals surface area contributed by atoms with Crippen molar-refractivity contribution in [1.29, 1.82) is 0 Å². The Morgan fingerprint density at radius 2 is 1.79 bits per heavy atom. The van der Waals surface area contributed by atoms with Gasteiger partial charge in [0.1, 0.15) is 6.04 Å². The predicted octanol–water partition coefficient (Wildman–Crippen LogP) is 3.69. The zero-order valence-corrected chi connectivity index (χ0v) is 11.7. The van der Waals surface area contributed by atoms with Crippen LogP contribution < -0.4 is 5.32 Å². The van der Waals surface area contributed by atoms with Gasteiger partial charge in [0.05, 0.1) is 0 Å². The van der Waals surface area contributed by atoms with E-state index in [4.69, 9.17) is 0 Å². The van der Waals surface area contributed by atoms with Gasteiger partial charge in [-0.05, 0) is 43.7 Å². The van der Waals surface area contributed by atoms with E-state index >= 15 is 0 Å². The molecule has 1 aliphatic rings. The van der Waals surface area contributed by atoms with E-state index < -0.39 is 12.0 Å². The fraction of sp³-hybridized carbons (Fsp3) is 0.562. The Bertz CT molecular complexity index is 419. The first-order valence-corrected chi connectivity index (χ1v) is 7.12. The second-order valence-electron chi connectivity index (χ2n) is 5.85. The van der Waals surface area contributed by atoms with Gasteiger partial charge in [-0.25, -0.2) is 4.79 Å². The topological polar surface area (TPSA) is 49.3 Å². The number of aliphatic carboxylic acids is 1. The third-order valence-electron chi connectivity index (χ3n) is 4.17. The molecule has 0 heterocycles. The summed E-state index contributed by atoms with van der Waals surface area (Å²) in [5.41, 5.74) is 2.08. The minimum atomic E-state index is -0.736. The van der Waals surface area contributed by atoms with E-state index in [1.165, 1.54) is 5.56 Å². The zero-order chi connectivity index (χ0) is 13.8. The van der Waals surface area contributed by atoms with Crippen molar-refractivity contribution in [2.75, 3.05) is 5.32 Å². The predicted molar refractivity (Wildman–Crippen MR) is 77.3 cm³/mol. The lowest BCUT2D eigenvalue weighted by Gasteiger charge is -2.31. The van der Waals surface area contributed by atoms with Gasteiger partial charge in [-0.15, -0.1) is 0 Å². The van der Waals surface area contributed by atoms with Crippen LogP contribution in [0.25, 0.3) is 0 Å². The summed E-state index contributed by atoms with van der Waals surface area (Å²) in [5.74, 6) is 0.250. The number of carbonyl (C=O) groups is 1. The van der Waals surface area contributed by atoms with Gasteiger partial charge in [0, 0.05) is 5.69 Å². The van der Waals surface area contributed by atoms with Crippen LogP contribution in [0.2, 0.25) is 0 Å². The fourth-order valence-electron chi connectivity index (χ4n) is 2.83. The highest BCUT2D eigenvalue weighted by Crippen LogP contribution is 2.31. The molecule has 2 rings (SSSR count). The summed E-state index contributed by atoms with van der Waals surface area (Å²) >= 11 is 0. The van der Waals surface area contributed by atoms with Crippen molar-refractivity contribution in [2.24, 2.45) is 11.8 Å². The van der Waals surface area contributed by atoms with Crippen molar-refractivity contribution in [3.63, 3.8) is 0 Å². The maximum atomic E-state index is 11.5. The Morgan fingerprint density at radius 1 is 1.21 bits per heavy atom. The molecule has 104 valence electrons. The average Bonchev–Trinajstić information content (AvgIpc) is 2.39. The quantitative estimate of drug-likeness (QED) is 0.869. The van der Waals surface area contributed by atoms with Crippen LogP contribution in [0.5, 0.6) is 0 Å². The fourth-order valence-corrected chi connectivity index (χ4v) is 2.83. The minimum absolute atomic E-state index is 0.245. The third kappa shape index (κ3) is 3.72. The monoisotopic (exact) mass is 261 g/mol. The normalized spacial score (nSPS) is 24.7. The molecule has 1 saturated carbocycles. The molecule has 0 aromatic heterocycles. The Balaban J connectivity index is 2.04. The molecule has 3 nitrogen and oxygen atoms in total. The SMILES string of the molecule is Cc1ccc(NC(C(=O)O)C2CCC(C)CC2)cc1. The molecule has 0 saturated heterocycles. The Labute approximate surface area is 115 Å². The Kier molecular flexibility index (Phi) is 4.46. The van der Waals surface area contributed by atoms with Crippen molar-refractivity contribution in [3.8, 4) is 0 Å². The lowest BCUT2D eigenvalue weighted by Crippen LogP contribution is -2.38. The average molecular weight is 261 g/mol. The number of rotatable bonds is 4. The molecule has 1 fully saturated rings. The summed E-state index contributed by atoms with van der Waals surface area (Å²) < 4.78 is 0. The molecule has 19 heavy (non-hydrogen) atoms.